The Kier molecular flexibility index (Phi) is 4.74. The lowest BCUT2D eigenvalue weighted by Crippen LogP contribution is -2.19. The van der Waals surface area contributed by atoms with Crippen LogP contribution in [0.1, 0.15) is 31.0 Å². The number of aryl methyl sites for hydroxylation is 1. The molecule has 0 saturated heterocycles. The summed E-state index contributed by atoms with van der Waals surface area (Å²) in [4.78, 5) is 6.77. The Hall–Kier alpha value is -1.87. The lowest BCUT2D eigenvalue weighted by atomic mass is 10.1. The first-order chi connectivity index (χ1) is 9.65. The van der Waals surface area contributed by atoms with Crippen LogP contribution in [-0.2, 0) is 0 Å². The van der Waals surface area contributed by atoms with Crippen LogP contribution in [0.2, 0.25) is 0 Å². The first kappa shape index (κ1) is 14.5. The minimum Gasteiger partial charge on any atom is -0.327 e. The topological polar surface area (TPSA) is 28.2 Å². The Morgan fingerprint density at radius 1 is 1.25 bits per heavy atom. The van der Waals surface area contributed by atoms with Gasteiger partial charge in [0, 0.05) is 24.5 Å². The third-order valence-corrected chi connectivity index (χ3v) is 3.61. The van der Waals surface area contributed by atoms with Gasteiger partial charge in [-0.2, -0.15) is 0 Å². The summed E-state index contributed by atoms with van der Waals surface area (Å²) in [5, 5.41) is 3.27. The maximum absolute atomic E-state index is 4.53. The van der Waals surface area contributed by atoms with Crippen molar-refractivity contribution in [2.45, 2.75) is 26.8 Å². The molecule has 106 valence electrons. The van der Waals surface area contributed by atoms with Gasteiger partial charge in [0.1, 0.15) is 5.82 Å². The number of aromatic nitrogens is 1. The molecule has 2 rings (SSSR count). The smallest absolute Gasteiger partial charge is 0.133 e. The molecule has 3 heteroatoms. The van der Waals surface area contributed by atoms with Crippen molar-refractivity contribution in [2.24, 2.45) is 0 Å². The van der Waals surface area contributed by atoms with Gasteiger partial charge in [-0.1, -0.05) is 12.1 Å². The van der Waals surface area contributed by atoms with Crippen LogP contribution >= 0.6 is 0 Å². The fraction of sp³-hybridized carbons (Fsp3) is 0.353. The third-order valence-electron chi connectivity index (χ3n) is 3.61. The standard InChI is InChI=1S/C17H23N3/c1-5-20(16-8-6-7-13(2)11-16)17-12-15(9-10-19-17)14(3)18-4/h6-12,14,18H,5H2,1-4H3. The van der Waals surface area contributed by atoms with E-state index in [1.807, 2.05) is 13.2 Å². The maximum atomic E-state index is 4.53. The van der Waals surface area contributed by atoms with Crippen LogP contribution in [0.25, 0.3) is 0 Å². The van der Waals surface area contributed by atoms with Crippen LogP contribution in [0.4, 0.5) is 11.5 Å². The van der Waals surface area contributed by atoms with Crippen molar-refractivity contribution in [3.8, 4) is 0 Å². The predicted molar refractivity (Wildman–Crippen MR) is 85.6 cm³/mol. The summed E-state index contributed by atoms with van der Waals surface area (Å²) in [6.45, 7) is 7.32. The molecule has 1 aromatic carbocycles. The summed E-state index contributed by atoms with van der Waals surface area (Å²) in [5.74, 6) is 0.998. The van der Waals surface area contributed by atoms with E-state index in [2.05, 4.69) is 72.4 Å². The highest BCUT2D eigenvalue weighted by Gasteiger charge is 2.11. The van der Waals surface area contributed by atoms with Gasteiger partial charge in [0.05, 0.1) is 0 Å². The van der Waals surface area contributed by atoms with Crippen molar-refractivity contribution in [2.75, 3.05) is 18.5 Å². The van der Waals surface area contributed by atoms with Crippen molar-refractivity contribution in [1.82, 2.24) is 10.3 Å². The summed E-state index contributed by atoms with van der Waals surface area (Å²) < 4.78 is 0. The number of anilines is 2. The second-order valence-corrected chi connectivity index (χ2v) is 5.04. The van der Waals surface area contributed by atoms with E-state index in [1.54, 1.807) is 0 Å². The quantitative estimate of drug-likeness (QED) is 0.894. The summed E-state index contributed by atoms with van der Waals surface area (Å²) in [6, 6.07) is 13.1. The first-order valence-corrected chi connectivity index (χ1v) is 7.13. The molecule has 1 atom stereocenters. The SMILES string of the molecule is CCN(c1cccc(C)c1)c1cc(C(C)NC)ccn1. The molecule has 0 amide bonds. The highest BCUT2D eigenvalue weighted by molar-refractivity contribution is 5.61. The lowest BCUT2D eigenvalue weighted by Gasteiger charge is -2.23. The Morgan fingerprint density at radius 3 is 2.70 bits per heavy atom. The summed E-state index contributed by atoms with van der Waals surface area (Å²) in [6.07, 6.45) is 1.89. The molecule has 1 heterocycles. The van der Waals surface area contributed by atoms with E-state index in [0.29, 0.717) is 6.04 Å². The highest BCUT2D eigenvalue weighted by atomic mass is 15.2. The molecule has 0 aliphatic heterocycles. The van der Waals surface area contributed by atoms with E-state index >= 15 is 0 Å². The number of rotatable bonds is 5. The van der Waals surface area contributed by atoms with E-state index in [4.69, 9.17) is 0 Å². The van der Waals surface area contributed by atoms with E-state index in [1.165, 1.54) is 16.8 Å². The maximum Gasteiger partial charge on any atom is 0.133 e. The van der Waals surface area contributed by atoms with E-state index in [-0.39, 0.29) is 0 Å². The predicted octanol–water partition coefficient (Wildman–Crippen LogP) is 3.83. The molecule has 0 fully saturated rings. The molecule has 0 spiro atoms. The fourth-order valence-corrected chi connectivity index (χ4v) is 2.29. The van der Waals surface area contributed by atoms with Gasteiger partial charge in [-0.25, -0.2) is 4.98 Å². The number of pyridine rings is 1. The zero-order valence-electron chi connectivity index (χ0n) is 12.7. The van der Waals surface area contributed by atoms with Crippen LogP contribution in [-0.4, -0.2) is 18.6 Å². The van der Waals surface area contributed by atoms with Gasteiger partial charge in [-0.3, -0.25) is 0 Å². The molecule has 2 aromatic rings. The highest BCUT2D eigenvalue weighted by Crippen LogP contribution is 2.26. The molecule has 0 saturated carbocycles. The summed E-state index contributed by atoms with van der Waals surface area (Å²) in [7, 11) is 1.98. The summed E-state index contributed by atoms with van der Waals surface area (Å²) in [5.41, 5.74) is 3.71. The molecular formula is C17H23N3. The van der Waals surface area contributed by atoms with Crippen molar-refractivity contribution in [1.29, 1.82) is 0 Å². The van der Waals surface area contributed by atoms with Crippen LogP contribution in [0, 0.1) is 6.92 Å². The Bertz CT molecular complexity index is 566. The van der Waals surface area contributed by atoms with Crippen molar-refractivity contribution in [3.63, 3.8) is 0 Å². The number of hydrogen-bond acceptors (Lipinski definition) is 3. The van der Waals surface area contributed by atoms with Crippen LogP contribution in [0.5, 0.6) is 0 Å². The monoisotopic (exact) mass is 269 g/mol. The van der Waals surface area contributed by atoms with Crippen LogP contribution < -0.4 is 10.2 Å². The second-order valence-electron chi connectivity index (χ2n) is 5.04. The van der Waals surface area contributed by atoms with Crippen molar-refractivity contribution >= 4 is 11.5 Å². The zero-order valence-corrected chi connectivity index (χ0v) is 12.7. The third kappa shape index (κ3) is 3.17. The minimum absolute atomic E-state index is 0.327. The number of benzene rings is 1. The van der Waals surface area contributed by atoms with Gasteiger partial charge in [0.2, 0.25) is 0 Å². The lowest BCUT2D eigenvalue weighted by molar-refractivity contribution is 0.651. The van der Waals surface area contributed by atoms with Crippen molar-refractivity contribution < 1.29 is 0 Å². The van der Waals surface area contributed by atoms with E-state index < -0.39 is 0 Å². The Morgan fingerprint density at radius 2 is 2.05 bits per heavy atom. The molecule has 0 bridgehead atoms. The van der Waals surface area contributed by atoms with Crippen LogP contribution in [0.15, 0.2) is 42.6 Å². The van der Waals surface area contributed by atoms with Gasteiger partial charge >= 0.3 is 0 Å². The fourth-order valence-electron chi connectivity index (χ4n) is 2.29. The van der Waals surface area contributed by atoms with Gasteiger partial charge in [0.15, 0.2) is 0 Å². The van der Waals surface area contributed by atoms with Gasteiger partial charge in [-0.15, -0.1) is 0 Å². The van der Waals surface area contributed by atoms with Gasteiger partial charge in [-0.05, 0) is 63.2 Å². The molecule has 0 aliphatic carbocycles. The second kappa shape index (κ2) is 6.53. The molecule has 0 radical (unpaired) electrons. The first-order valence-electron chi connectivity index (χ1n) is 7.13. The average molecular weight is 269 g/mol. The minimum atomic E-state index is 0.327. The molecular weight excluding hydrogens is 246 g/mol. The van der Waals surface area contributed by atoms with E-state index in [9.17, 15) is 0 Å². The zero-order chi connectivity index (χ0) is 14.5. The molecule has 20 heavy (non-hydrogen) atoms. The van der Waals surface area contributed by atoms with Gasteiger partial charge in [0.25, 0.3) is 0 Å². The Labute approximate surface area is 121 Å². The molecule has 1 N–H and O–H groups in total. The molecule has 1 aromatic heterocycles. The molecule has 0 aliphatic rings. The average Bonchev–Trinajstić information content (AvgIpc) is 2.47. The molecule has 3 nitrogen and oxygen atoms in total. The van der Waals surface area contributed by atoms with Crippen molar-refractivity contribution in [3.05, 3.63) is 53.7 Å². The summed E-state index contributed by atoms with van der Waals surface area (Å²) >= 11 is 0. The number of nitrogens with one attached hydrogen (secondary N) is 1. The largest absolute Gasteiger partial charge is 0.327 e. The normalized spacial score (nSPS) is 12.2. The van der Waals surface area contributed by atoms with E-state index in [0.717, 1.165) is 12.4 Å². The van der Waals surface area contributed by atoms with Crippen LogP contribution in [0.3, 0.4) is 0 Å². The van der Waals surface area contributed by atoms with Gasteiger partial charge < -0.3 is 10.2 Å². The number of nitrogens with zero attached hydrogens (tertiary/aromatic N) is 2. The Balaban J connectivity index is 2.37. The number of hydrogen-bond donors (Lipinski definition) is 1. The molecule has 1 unspecified atom stereocenters.